The van der Waals surface area contributed by atoms with E-state index in [4.69, 9.17) is 4.74 Å². The third-order valence-electron chi connectivity index (χ3n) is 4.17. The average Bonchev–Trinajstić information content (AvgIpc) is 3.05. The number of halogens is 1. The van der Waals surface area contributed by atoms with E-state index in [1.165, 1.54) is 12.0 Å². The van der Waals surface area contributed by atoms with Crippen molar-refractivity contribution in [3.8, 4) is 0 Å². The van der Waals surface area contributed by atoms with Gasteiger partial charge in [0.15, 0.2) is 5.96 Å². The molecule has 0 amide bonds. The number of unbranched alkanes of at least 4 members (excludes halogenated alkanes) is 1. The number of nitrogens with zero attached hydrogens (tertiary/aromatic N) is 2. The molecule has 0 aliphatic carbocycles. The van der Waals surface area contributed by atoms with Gasteiger partial charge in [-0.3, -0.25) is 4.99 Å². The van der Waals surface area contributed by atoms with Gasteiger partial charge < -0.3 is 15.0 Å². The van der Waals surface area contributed by atoms with Gasteiger partial charge in [-0.2, -0.15) is 0 Å². The van der Waals surface area contributed by atoms with Crippen molar-refractivity contribution in [3.05, 3.63) is 35.9 Å². The summed E-state index contributed by atoms with van der Waals surface area (Å²) < 4.78 is 5.36. The molecule has 1 N–H and O–H groups in total. The first-order valence-corrected chi connectivity index (χ1v) is 8.43. The lowest BCUT2D eigenvalue weighted by Gasteiger charge is -2.21. The Labute approximate surface area is 157 Å². The summed E-state index contributed by atoms with van der Waals surface area (Å²) in [4.78, 5) is 6.81. The molecule has 0 saturated carbocycles. The van der Waals surface area contributed by atoms with E-state index in [1.807, 2.05) is 14.0 Å². The predicted octanol–water partition coefficient (Wildman–Crippen LogP) is 3.49. The van der Waals surface area contributed by atoms with Crippen LogP contribution in [-0.4, -0.2) is 50.8 Å². The monoisotopic (exact) mass is 431 g/mol. The summed E-state index contributed by atoms with van der Waals surface area (Å²) in [5, 5.41) is 3.48. The van der Waals surface area contributed by atoms with Crippen molar-refractivity contribution >= 4 is 29.9 Å². The standard InChI is InChI=1S/C18H29N3O.HI/c1-3-22-14-8-7-12-20-18(19-2)21-13-11-17(15-21)16-9-5-4-6-10-16;/h4-6,9-10,17H,3,7-8,11-15H2,1-2H3,(H,19,20);1H. The van der Waals surface area contributed by atoms with Crippen LogP contribution in [0.4, 0.5) is 0 Å². The van der Waals surface area contributed by atoms with E-state index in [0.29, 0.717) is 5.92 Å². The number of hydrogen-bond donors (Lipinski definition) is 1. The summed E-state index contributed by atoms with van der Waals surface area (Å²) in [6.07, 6.45) is 3.43. The van der Waals surface area contributed by atoms with E-state index in [2.05, 4.69) is 45.5 Å². The summed E-state index contributed by atoms with van der Waals surface area (Å²) >= 11 is 0. The van der Waals surface area contributed by atoms with Gasteiger partial charge in [-0.15, -0.1) is 24.0 Å². The first kappa shape index (κ1) is 20.2. The van der Waals surface area contributed by atoms with Crippen molar-refractivity contribution in [1.82, 2.24) is 10.2 Å². The molecule has 1 atom stereocenters. The number of nitrogens with one attached hydrogen (secondary N) is 1. The van der Waals surface area contributed by atoms with Crippen molar-refractivity contribution < 1.29 is 4.74 Å². The molecule has 1 aliphatic rings. The molecule has 1 aliphatic heterocycles. The van der Waals surface area contributed by atoms with E-state index in [9.17, 15) is 0 Å². The number of guanidine groups is 1. The topological polar surface area (TPSA) is 36.9 Å². The molecule has 1 aromatic rings. The van der Waals surface area contributed by atoms with Gasteiger partial charge in [0.05, 0.1) is 0 Å². The predicted molar refractivity (Wildman–Crippen MR) is 108 cm³/mol. The molecule has 2 rings (SSSR count). The van der Waals surface area contributed by atoms with Gasteiger partial charge in [0.25, 0.3) is 0 Å². The van der Waals surface area contributed by atoms with Crippen molar-refractivity contribution in [1.29, 1.82) is 0 Å². The smallest absolute Gasteiger partial charge is 0.193 e. The van der Waals surface area contributed by atoms with E-state index < -0.39 is 0 Å². The Kier molecular flexibility index (Phi) is 10.3. The molecule has 4 nitrogen and oxygen atoms in total. The number of ether oxygens (including phenoxy) is 1. The number of hydrogen-bond acceptors (Lipinski definition) is 2. The van der Waals surface area contributed by atoms with Gasteiger partial charge in [0.1, 0.15) is 0 Å². The Hall–Kier alpha value is -0.820. The van der Waals surface area contributed by atoms with Crippen LogP contribution in [0.3, 0.4) is 0 Å². The van der Waals surface area contributed by atoms with Crippen LogP contribution in [0, 0.1) is 0 Å². The zero-order valence-electron chi connectivity index (χ0n) is 14.3. The van der Waals surface area contributed by atoms with Gasteiger partial charge >= 0.3 is 0 Å². The van der Waals surface area contributed by atoms with E-state index in [-0.39, 0.29) is 24.0 Å². The molecule has 5 heteroatoms. The fourth-order valence-corrected chi connectivity index (χ4v) is 2.96. The second-order valence-electron chi connectivity index (χ2n) is 5.72. The van der Waals surface area contributed by atoms with Crippen LogP contribution in [0.15, 0.2) is 35.3 Å². The Morgan fingerprint density at radius 2 is 2.09 bits per heavy atom. The first-order chi connectivity index (χ1) is 10.8. The minimum Gasteiger partial charge on any atom is -0.382 e. The minimum atomic E-state index is 0. The van der Waals surface area contributed by atoms with Gasteiger partial charge in [-0.1, -0.05) is 30.3 Å². The third kappa shape index (κ3) is 6.67. The highest BCUT2D eigenvalue weighted by Crippen LogP contribution is 2.26. The van der Waals surface area contributed by atoms with Crippen molar-refractivity contribution in [2.24, 2.45) is 4.99 Å². The molecule has 0 bridgehead atoms. The molecule has 0 radical (unpaired) electrons. The van der Waals surface area contributed by atoms with Gasteiger partial charge in [0, 0.05) is 45.8 Å². The molecule has 130 valence electrons. The molecule has 0 aromatic heterocycles. The fourth-order valence-electron chi connectivity index (χ4n) is 2.96. The quantitative estimate of drug-likeness (QED) is 0.311. The van der Waals surface area contributed by atoms with E-state index in [1.54, 1.807) is 0 Å². The molecule has 1 aromatic carbocycles. The zero-order valence-corrected chi connectivity index (χ0v) is 16.7. The second-order valence-corrected chi connectivity index (χ2v) is 5.72. The zero-order chi connectivity index (χ0) is 15.6. The van der Waals surface area contributed by atoms with Crippen LogP contribution >= 0.6 is 24.0 Å². The Bertz CT molecular complexity index is 453. The summed E-state index contributed by atoms with van der Waals surface area (Å²) in [6, 6.07) is 10.8. The van der Waals surface area contributed by atoms with Crippen LogP contribution < -0.4 is 5.32 Å². The summed E-state index contributed by atoms with van der Waals surface area (Å²) in [7, 11) is 1.87. The summed E-state index contributed by atoms with van der Waals surface area (Å²) in [6.45, 7) is 6.81. The highest BCUT2D eigenvalue weighted by molar-refractivity contribution is 14.0. The number of benzene rings is 1. The number of likely N-dealkylation sites (tertiary alicyclic amines) is 1. The number of rotatable bonds is 7. The summed E-state index contributed by atoms with van der Waals surface area (Å²) in [5.74, 6) is 1.66. The molecule has 1 fully saturated rings. The molecule has 1 saturated heterocycles. The van der Waals surface area contributed by atoms with Crippen LogP contribution in [-0.2, 0) is 4.74 Å². The molecule has 1 unspecified atom stereocenters. The van der Waals surface area contributed by atoms with Crippen LogP contribution in [0.1, 0.15) is 37.7 Å². The maximum absolute atomic E-state index is 5.36. The highest BCUT2D eigenvalue weighted by atomic mass is 127. The highest BCUT2D eigenvalue weighted by Gasteiger charge is 2.25. The Morgan fingerprint density at radius 3 is 2.78 bits per heavy atom. The maximum atomic E-state index is 5.36. The maximum Gasteiger partial charge on any atom is 0.193 e. The lowest BCUT2D eigenvalue weighted by Crippen LogP contribution is -2.40. The lowest BCUT2D eigenvalue weighted by molar-refractivity contribution is 0.143. The molecule has 0 spiro atoms. The van der Waals surface area contributed by atoms with Gasteiger partial charge in [0.2, 0.25) is 0 Å². The van der Waals surface area contributed by atoms with Crippen LogP contribution in [0.5, 0.6) is 0 Å². The SMILES string of the molecule is CCOCCCCNC(=NC)N1CCC(c2ccccc2)C1.I. The van der Waals surface area contributed by atoms with Gasteiger partial charge in [-0.05, 0) is 31.7 Å². The average molecular weight is 431 g/mol. The molecule has 23 heavy (non-hydrogen) atoms. The van der Waals surface area contributed by atoms with Crippen LogP contribution in [0.25, 0.3) is 0 Å². The molecule has 1 heterocycles. The first-order valence-electron chi connectivity index (χ1n) is 8.43. The number of aliphatic imine (C=N–C) groups is 1. The van der Waals surface area contributed by atoms with Crippen molar-refractivity contribution in [2.45, 2.75) is 32.1 Å². The lowest BCUT2D eigenvalue weighted by atomic mass is 9.99. The van der Waals surface area contributed by atoms with Crippen molar-refractivity contribution in [3.63, 3.8) is 0 Å². The third-order valence-corrected chi connectivity index (χ3v) is 4.17. The van der Waals surface area contributed by atoms with Crippen LogP contribution in [0.2, 0.25) is 0 Å². The fraction of sp³-hybridized carbons (Fsp3) is 0.611. The largest absolute Gasteiger partial charge is 0.382 e. The minimum absolute atomic E-state index is 0. The van der Waals surface area contributed by atoms with E-state index in [0.717, 1.165) is 51.6 Å². The molecular weight excluding hydrogens is 401 g/mol. The van der Waals surface area contributed by atoms with Gasteiger partial charge in [-0.25, -0.2) is 0 Å². The Morgan fingerprint density at radius 1 is 1.30 bits per heavy atom. The van der Waals surface area contributed by atoms with E-state index >= 15 is 0 Å². The normalized spacial score (nSPS) is 17.9. The Balaban J connectivity index is 0.00000264. The molecular formula is C18H30IN3O. The van der Waals surface area contributed by atoms with Crippen molar-refractivity contribution in [2.75, 3.05) is 39.9 Å². The second kappa shape index (κ2) is 11.7. The summed E-state index contributed by atoms with van der Waals surface area (Å²) in [5.41, 5.74) is 1.44.